The van der Waals surface area contributed by atoms with Crippen molar-refractivity contribution >= 4 is 40.4 Å². The fourth-order valence-electron chi connectivity index (χ4n) is 2.50. The van der Waals surface area contributed by atoms with Gasteiger partial charge < -0.3 is 4.90 Å². The standard InChI is InChI=1S/C17H13Cl2NO/c1-20-16-10-13(19)6-8-14(16)15(17(20)21)7-5-11-3-2-4-12(18)9-11/h2-4,6-10H,5H2,1H3/b15-7+. The third-order valence-electron chi connectivity index (χ3n) is 3.58. The van der Waals surface area contributed by atoms with Gasteiger partial charge in [0.25, 0.3) is 5.91 Å². The van der Waals surface area contributed by atoms with Crippen LogP contribution < -0.4 is 4.90 Å². The van der Waals surface area contributed by atoms with Crippen molar-refractivity contribution in [3.63, 3.8) is 0 Å². The summed E-state index contributed by atoms with van der Waals surface area (Å²) in [4.78, 5) is 14.0. The van der Waals surface area contributed by atoms with Gasteiger partial charge in [-0.05, 0) is 36.2 Å². The van der Waals surface area contributed by atoms with Crippen molar-refractivity contribution < 1.29 is 4.79 Å². The molecule has 0 bridgehead atoms. The summed E-state index contributed by atoms with van der Waals surface area (Å²) in [6.45, 7) is 0. The Labute approximate surface area is 133 Å². The summed E-state index contributed by atoms with van der Waals surface area (Å²) in [6, 6.07) is 13.2. The van der Waals surface area contributed by atoms with Crippen molar-refractivity contribution in [2.45, 2.75) is 6.42 Å². The molecule has 0 saturated carbocycles. The number of hydrogen-bond acceptors (Lipinski definition) is 1. The van der Waals surface area contributed by atoms with Crippen LogP contribution in [0.15, 0.2) is 48.5 Å². The van der Waals surface area contributed by atoms with E-state index < -0.39 is 0 Å². The van der Waals surface area contributed by atoms with E-state index in [0.29, 0.717) is 22.0 Å². The lowest BCUT2D eigenvalue weighted by Gasteiger charge is -2.08. The molecule has 0 radical (unpaired) electrons. The van der Waals surface area contributed by atoms with E-state index in [0.717, 1.165) is 16.8 Å². The van der Waals surface area contributed by atoms with Crippen molar-refractivity contribution in [1.29, 1.82) is 0 Å². The number of carbonyl (C=O) groups excluding carboxylic acids is 1. The first-order valence-electron chi connectivity index (χ1n) is 6.59. The maximum absolute atomic E-state index is 12.4. The molecule has 2 aromatic rings. The normalized spacial score (nSPS) is 15.7. The van der Waals surface area contributed by atoms with Gasteiger partial charge in [-0.3, -0.25) is 4.79 Å². The van der Waals surface area contributed by atoms with Gasteiger partial charge in [0.1, 0.15) is 0 Å². The molecule has 106 valence electrons. The number of benzene rings is 2. The van der Waals surface area contributed by atoms with Crippen molar-refractivity contribution in [2.75, 3.05) is 11.9 Å². The number of halogens is 2. The van der Waals surface area contributed by atoms with Crippen molar-refractivity contribution in [3.8, 4) is 0 Å². The van der Waals surface area contributed by atoms with Gasteiger partial charge in [-0.15, -0.1) is 0 Å². The molecule has 0 unspecified atom stereocenters. The summed E-state index contributed by atoms with van der Waals surface area (Å²) in [5.41, 5.74) is 3.57. The highest BCUT2D eigenvalue weighted by molar-refractivity contribution is 6.35. The Balaban J connectivity index is 1.96. The molecule has 1 heterocycles. The Morgan fingerprint density at radius 3 is 2.62 bits per heavy atom. The number of allylic oxidation sites excluding steroid dienone is 1. The monoisotopic (exact) mass is 317 g/mol. The van der Waals surface area contributed by atoms with Crippen molar-refractivity contribution in [3.05, 3.63) is 69.7 Å². The van der Waals surface area contributed by atoms with Gasteiger partial charge in [0.2, 0.25) is 0 Å². The second-order valence-electron chi connectivity index (χ2n) is 4.98. The molecule has 0 spiro atoms. The molecule has 0 N–H and O–H groups in total. The van der Waals surface area contributed by atoms with Crippen LogP contribution in [0.3, 0.4) is 0 Å². The summed E-state index contributed by atoms with van der Waals surface area (Å²) < 4.78 is 0. The van der Waals surface area contributed by atoms with Crippen molar-refractivity contribution in [1.82, 2.24) is 0 Å². The van der Waals surface area contributed by atoms with E-state index in [2.05, 4.69) is 0 Å². The molecule has 0 aliphatic carbocycles. The predicted molar refractivity (Wildman–Crippen MR) is 88.0 cm³/mol. The molecule has 0 fully saturated rings. The third-order valence-corrected chi connectivity index (χ3v) is 4.05. The van der Waals surface area contributed by atoms with Gasteiger partial charge in [-0.25, -0.2) is 0 Å². The Morgan fingerprint density at radius 2 is 1.86 bits per heavy atom. The molecule has 1 amide bonds. The van der Waals surface area contributed by atoms with Crippen molar-refractivity contribution in [2.24, 2.45) is 0 Å². The van der Waals surface area contributed by atoms with Gasteiger partial charge in [-0.2, -0.15) is 0 Å². The summed E-state index contributed by atoms with van der Waals surface area (Å²) in [6.07, 6.45) is 2.61. The number of amides is 1. The zero-order valence-corrected chi connectivity index (χ0v) is 12.9. The molecule has 1 aliphatic rings. The molecule has 0 atom stereocenters. The van der Waals surface area contributed by atoms with E-state index in [1.54, 1.807) is 18.0 Å². The summed E-state index contributed by atoms with van der Waals surface area (Å²) in [5.74, 6) is -0.00528. The fourth-order valence-corrected chi connectivity index (χ4v) is 2.88. The van der Waals surface area contributed by atoms with Gasteiger partial charge in [0, 0.05) is 28.2 Å². The molecule has 4 heteroatoms. The number of likely N-dealkylation sites (N-methyl/N-ethyl adjacent to an activating group) is 1. The van der Waals surface area contributed by atoms with Gasteiger partial charge in [0.15, 0.2) is 0 Å². The summed E-state index contributed by atoms with van der Waals surface area (Å²) in [5, 5.41) is 1.33. The largest absolute Gasteiger partial charge is 0.311 e. The first-order chi connectivity index (χ1) is 10.1. The Morgan fingerprint density at radius 1 is 1.10 bits per heavy atom. The quantitative estimate of drug-likeness (QED) is 0.741. The Bertz CT molecular complexity index is 752. The zero-order chi connectivity index (χ0) is 15.0. The number of carbonyl (C=O) groups is 1. The SMILES string of the molecule is CN1C(=O)/C(=C/Cc2cccc(Cl)c2)c2ccc(Cl)cc21. The molecule has 2 nitrogen and oxygen atoms in total. The molecule has 0 saturated heterocycles. The summed E-state index contributed by atoms with van der Waals surface area (Å²) in [7, 11) is 1.76. The van der Waals surface area contributed by atoms with Crippen LogP contribution in [0.2, 0.25) is 10.0 Å². The lowest BCUT2D eigenvalue weighted by atomic mass is 10.0. The van der Waals surface area contributed by atoms with E-state index in [-0.39, 0.29) is 5.91 Å². The lowest BCUT2D eigenvalue weighted by Crippen LogP contribution is -2.20. The molecule has 21 heavy (non-hydrogen) atoms. The second kappa shape index (κ2) is 5.55. The molecule has 0 aromatic heterocycles. The van der Waals surface area contributed by atoms with Crippen LogP contribution in [0.1, 0.15) is 11.1 Å². The number of nitrogens with zero attached hydrogens (tertiary/aromatic N) is 1. The van der Waals surface area contributed by atoms with Crippen LogP contribution in [-0.2, 0) is 11.2 Å². The first kappa shape index (κ1) is 14.2. The van der Waals surface area contributed by atoms with Gasteiger partial charge in [-0.1, -0.05) is 47.5 Å². The highest BCUT2D eigenvalue weighted by atomic mass is 35.5. The fraction of sp³-hybridized carbons (Fsp3) is 0.118. The van der Waals surface area contributed by atoms with Crippen LogP contribution in [0.5, 0.6) is 0 Å². The molecule has 1 aliphatic heterocycles. The van der Waals surface area contributed by atoms with Crippen LogP contribution in [-0.4, -0.2) is 13.0 Å². The average molecular weight is 318 g/mol. The Hall–Kier alpha value is -1.77. The second-order valence-corrected chi connectivity index (χ2v) is 5.85. The highest BCUT2D eigenvalue weighted by Crippen LogP contribution is 2.37. The van der Waals surface area contributed by atoms with Crippen LogP contribution >= 0.6 is 23.2 Å². The van der Waals surface area contributed by atoms with E-state index in [1.165, 1.54) is 0 Å². The van der Waals surface area contributed by atoms with Gasteiger partial charge >= 0.3 is 0 Å². The maximum atomic E-state index is 12.4. The highest BCUT2D eigenvalue weighted by Gasteiger charge is 2.29. The minimum Gasteiger partial charge on any atom is -0.311 e. The minimum atomic E-state index is -0.00528. The smallest absolute Gasteiger partial charge is 0.258 e. The lowest BCUT2D eigenvalue weighted by molar-refractivity contribution is -0.112. The minimum absolute atomic E-state index is 0.00528. The summed E-state index contributed by atoms with van der Waals surface area (Å²) >= 11 is 12.0. The van der Waals surface area contributed by atoms with E-state index in [1.807, 2.05) is 42.5 Å². The van der Waals surface area contributed by atoms with E-state index in [9.17, 15) is 4.79 Å². The maximum Gasteiger partial charge on any atom is 0.258 e. The van der Waals surface area contributed by atoms with Gasteiger partial charge in [0.05, 0.1) is 5.69 Å². The van der Waals surface area contributed by atoms with Crippen LogP contribution in [0, 0.1) is 0 Å². The average Bonchev–Trinajstić information content (AvgIpc) is 2.69. The molecule has 2 aromatic carbocycles. The molecular weight excluding hydrogens is 305 g/mol. The van der Waals surface area contributed by atoms with Crippen LogP contribution in [0.4, 0.5) is 5.69 Å². The van der Waals surface area contributed by atoms with Crippen LogP contribution in [0.25, 0.3) is 5.57 Å². The zero-order valence-electron chi connectivity index (χ0n) is 11.4. The first-order valence-corrected chi connectivity index (χ1v) is 7.34. The van der Waals surface area contributed by atoms with E-state index >= 15 is 0 Å². The number of anilines is 1. The molecule has 3 rings (SSSR count). The molecular formula is C17H13Cl2NO. The predicted octanol–water partition coefficient (Wildman–Crippen LogP) is 4.60. The Kier molecular flexibility index (Phi) is 3.75. The van der Waals surface area contributed by atoms with E-state index in [4.69, 9.17) is 23.2 Å². The number of fused-ring (bicyclic) bond motifs is 1. The number of rotatable bonds is 2. The topological polar surface area (TPSA) is 20.3 Å². The number of hydrogen-bond donors (Lipinski definition) is 0. The third kappa shape index (κ3) is 2.69.